The predicted octanol–water partition coefficient (Wildman–Crippen LogP) is -0.576. The summed E-state index contributed by atoms with van der Waals surface area (Å²) in [4.78, 5) is 44.1. The third kappa shape index (κ3) is 9.30. The quantitative estimate of drug-likeness (QED) is 0.100. The summed E-state index contributed by atoms with van der Waals surface area (Å²) in [6.07, 6.45) is 2.62. The molecule has 0 aliphatic heterocycles. The Bertz CT molecular complexity index is 1650. The molecule has 0 radical (unpaired) electrons. The summed E-state index contributed by atoms with van der Waals surface area (Å²) in [5, 5.41) is 7.43. The SMILES string of the molecule is Cc1ccc(S(=O)(=O)NC(=O)NCCC(=O)N[C@@H](Cc2cnc[nH]2)C(=O)Nc2ccc(S(=O)(=O)N=C(N)N)cc2)cc1. The molecular formula is C24H29N9O7S2. The zero-order chi connectivity index (χ0) is 30.9. The molecule has 0 saturated carbocycles. The van der Waals surface area contributed by atoms with Crippen molar-refractivity contribution in [2.24, 2.45) is 15.9 Å². The normalized spacial score (nSPS) is 12.0. The first-order valence-corrected chi connectivity index (χ1v) is 15.1. The molecule has 2 aromatic carbocycles. The van der Waals surface area contributed by atoms with Crippen LogP contribution in [0.15, 0.2) is 75.2 Å². The molecule has 1 atom stereocenters. The van der Waals surface area contributed by atoms with Crippen molar-refractivity contribution in [3.63, 3.8) is 0 Å². The number of nitrogens with zero attached hydrogens (tertiary/aromatic N) is 2. The first-order chi connectivity index (χ1) is 19.7. The number of urea groups is 1. The van der Waals surface area contributed by atoms with Crippen molar-refractivity contribution >= 4 is 49.5 Å². The lowest BCUT2D eigenvalue weighted by Crippen LogP contribution is -2.46. The Hall–Kier alpha value is -4.97. The van der Waals surface area contributed by atoms with Crippen LogP contribution in [0.2, 0.25) is 0 Å². The van der Waals surface area contributed by atoms with E-state index in [9.17, 15) is 31.2 Å². The van der Waals surface area contributed by atoms with E-state index in [4.69, 9.17) is 11.5 Å². The molecule has 3 rings (SSSR count). The summed E-state index contributed by atoms with van der Waals surface area (Å²) in [5.41, 5.74) is 11.9. The Kier molecular flexibility index (Phi) is 10.2. The molecule has 1 aromatic heterocycles. The van der Waals surface area contributed by atoms with E-state index in [1.807, 2.05) is 4.72 Å². The Morgan fingerprint density at radius 1 is 0.976 bits per heavy atom. The second-order valence-corrected chi connectivity index (χ2v) is 12.1. The number of carbonyl (C=O) groups excluding carboxylic acids is 3. The lowest BCUT2D eigenvalue weighted by Gasteiger charge is -2.18. The number of aryl methyl sites for hydroxylation is 1. The van der Waals surface area contributed by atoms with Crippen LogP contribution < -0.4 is 32.1 Å². The van der Waals surface area contributed by atoms with Crippen LogP contribution in [0, 0.1) is 6.92 Å². The molecule has 16 nitrogen and oxygen atoms in total. The van der Waals surface area contributed by atoms with Crippen molar-refractivity contribution in [3.05, 3.63) is 72.3 Å². The number of guanidine groups is 1. The zero-order valence-electron chi connectivity index (χ0n) is 22.2. The van der Waals surface area contributed by atoms with E-state index in [0.29, 0.717) is 5.69 Å². The minimum atomic E-state index is -4.12. The Morgan fingerprint density at radius 2 is 1.62 bits per heavy atom. The third-order valence-electron chi connectivity index (χ3n) is 5.47. The van der Waals surface area contributed by atoms with Gasteiger partial charge >= 0.3 is 6.03 Å². The number of nitrogens with two attached hydrogens (primary N) is 2. The predicted molar refractivity (Wildman–Crippen MR) is 152 cm³/mol. The molecule has 0 unspecified atom stereocenters. The van der Waals surface area contributed by atoms with Gasteiger partial charge in [0.15, 0.2) is 0 Å². The van der Waals surface area contributed by atoms with Crippen LogP contribution in [-0.2, 0) is 36.1 Å². The van der Waals surface area contributed by atoms with Crippen LogP contribution in [0.1, 0.15) is 17.7 Å². The number of nitrogens with one attached hydrogen (secondary N) is 5. The molecule has 0 saturated heterocycles. The van der Waals surface area contributed by atoms with Crippen molar-refractivity contribution in [2.45, 2.75) is 35.6 Å². The Balaban J connectivity index is 1.58. The number of aromatic amines is 1. The van der Waals surface area contributed by atoms with Crippen molar-refractivity contribution in [2.75, 3.05) is 11.9 Å². The molecule has 18 heteroatoms. The van der Waals surface area contributed by atoms with E-state index in [1.54, 1.807) is 19.1 Å². The number of hydrogen-bond acceptors (Lipinski definition) is 8. The molecular weight excluding hydrogens is 590 g/mol. The first-order valence-electron chi connectivity index (χ1n) is 12.2. The maximum atomic E-state index is 13.0. The van der Waals surface area contributed by atoms with Gasteiger partial charge in [-0.05, 0) is 43.3 Å². The number of H-pyrrole nitrogens is 1. The van der Waals surface area contributed by atoms with Crippen LogP contribution in [0.25, 0.3) is 0 Å². The van der Waals surface area contributed by atoms with Crippen molar-refractivity contribution in [1.29, 1.82) is 0 Å². The number of sulfonamides is 2. The fourth-order valence-electron chi connectivity index (χ4n) is 3.45. The largest absolute Gasteiger partial charge is 0.369 e. The highest BCUT2D eigenvalue weighted by molar-refractivity contribution is 7.90. The van der Waals surface area contributed by atoms with Crippen LogP contribution in [-0.4, -0.2) is 63.2 Å². The number of rotatable bonds is 12. The van der Waals surface area contributed by atoms with Gasteiger partial charge in [-0.3, -0.25) is 9.59 Å². The zero-order valence-corrected chi connectivity index (χ0v) is 23.8. The summed E-state index contributed by atoms with van der Waals surface area (Å²) in [6.45, 7) is 1.56. The van der Waals surface area contributed by atoms with E-state index in [-0.39, 0.29) is 34.9 Å². The molecule has 9 N–H and O–H groups in total. The molecule has 0 aliphatic rings. The smallest absolute Gasteiger partial charge is 0.328 e. The average Bonchev–Trinajstić information content (AvgIpc) is 3.41. The van der Waals surface area contributed by atoms with Gasteiger partial charge in [0.2, 0.25) is 17.8 Å². The van der Waals surface area contributed by atoms with Crippen LogP contribution >= 0.6 is 0 Å². The van der Waals surface area contributed by atoms with Gasteiger partial charge in [0.1, 0.15) is 6.04 Å². The Labute approximate surface area is 241 Å². The average molecular weight is 620 g/mol. The van der Waals surface area contributed by atoms with Gasteiger partial charge in [0, 0.05) is 37.0 Å². The van der Waals surface area contributed by atoms with Crippen molar-refractivity contribution in [3.8, 4) is 0 Å². The maximum absolute atomic E-state index is 13.0. The number of anilines is 1. The number of hydrogen-bond donors (Lipinski definition) is 7. The molecule has 0 bridgehead atoms. The molecule has 42 heavy (non-hydrogen) atoms. The van der Waals surface area contributed by atoms with E-state index in [0.717, 1.165) is 5.56 Å². The highest BCUT2D eigenvalue weighted by atomic mass is 32.2. The van der Waals surface area contributed by atoms with Gasteiger partial charge in [0.25, 0.3) is 20.0 Å². The minimum absolute atomic E-state index is 0.0250. The number of amides is 4. The summed E-state index contributed by atoms with van der Waals surface area (Å²) in [5.74, 6) is -1.88. The summed E-state index contributed by atoms with van der Waals surface area (Å²) in [6, 6.07) is 8.76. The van der Waals surface area contributed by atoms with E-state index < -0.39 is 49.9 Å². The summed E-state index contributed by atoms with van der Waals surface area (Å²) >= 11 is 0. The second kappa shape index (κ2) is 13.6. The van der Waals surface area contributed by atoms with Gasteiger partial charge in [-0.25, -0.2) is 22.9 Å². The van der Waals surface area contributed by atoms with Gasteiger partial charge in [0.05, 0.1) is 16.1 Å². The maximum Gasteiger partial charge on any atom is 0.328 e. The highest BCUT2D eigenvalue weighted by Crippen LogP contribution is 2.17. The molecule has 224 valence electrons. The monoisotopic (exact) mass is 619 g/mol. The van der Waals surface area contributed by atoms with Crippen molar-refractivity contribution in [1.82, 2.24) is 25.3 Å². The Morgan fingerprint density at radius 3 is 2.21 bits per heavy atom. The van der Waals surface area contributed by atoms with E-state index in [1.165, 1.54) is 48.9 Å². The van der Waals surface area contributed by atoms with E-state index >= 15 is 0 Å². The second-order valence-electron chi connectivity index (χ2n) is 8.83. The van der Waals surface area contributed by atoms with Crippen LogP contribution in [0.4, 0.5) is 10.5 Å². The standard InChI is InChI=1S/C24H29N9O7S2/c1-15-2-6-18(7-3-15)42(39,40)33-24(36)28-11-10-21(34)31-20(12-17-13-27-14-29-17)22(35)30-16-4-8-19(9-5-16)41(37,38)32-23(25)26/h2-9,13-14,20H,10-12H2,1H3,(H,27,29)(H,30,35)(H,31,34)(H4,25,26,32)(H2,28,33,36)/t20-/m0/s1. The summed E-state index contributed by atoms with van der Waals surface area (Å²) in [7, 11) is -8.23. The molecule has 4 amide bonds. The fourth-order valence-corrected chi connectivity index (χ4v) is 5.24. The van der Waals surface area contributed by atoms with Gasteiger partial charge < -0.3 is 32.4 Å². The molecule has 1 heterocycles. The van der Waals surface area contributed by atoms with Gasteiger partial charge in [-0.2, -0.15) is 8.42 Å². The fraction of sp³-hybridized carbons (Fsp3) is 0.208. The number of carbonyl (C=O) groups is 3. The third-order valence-corrected chi connectivity index (χ3v) is 8.14. The summed E-state index contributed by atoms with van der Waals surface area (Å²) < 4.78 is 53.9. The number of imidazole rings is 1. The molecule has 0 spiro atoms. The van der Waals surface area contributed by atoms with Gasteiger partial charge in [-0.1, -0.05) is 17.7 Å². The number of benzene rings is 2. The first kappa shape index (κ1) is 31.6. The molecule has 0 fully saturated rings. The number of aromatic nitrogens is 2. The highest BCUT2D eigenvalue weighted by Gasteiger charge is 2.23. The lowest BCUT2D eigenvalue weighted by molar-refractivity contribution is -0.126. The molecule has 0 aliphatic carbocycles. The lowest BCUT2D eigenvalue weighted by atomic mass is 10.1. The van der Waals surface area contributed by atoms with Crippen LogP contribution in [0.3, 0.4) is 0 Å². The topological polar surface area (TPSA) is 261 Å². The van der Waals surface area contributed by atoms with E-state index in [2.05, 4.69) is 30.3 Å². The van der Waals surface area contributed by atoms with Gasteiger partial charge in [-0.15, -0.1) is 4.40 Å². The minimum Gasteiger partial charge on any atom is -0.369 e. The van der Waals surface area contributed by atoms with Crippen LogP contribution in [0.5, 0.6) is 0 Å². The van der Waals surface area contributed by atoms with Crippen molar-refractivity contribution < 1.29 is 31.2 Å². The molecule has 3 aromatic rings.